The van der Waals surface area contributed by atoms with Crippen LogP contribution in [0.25, 0.3) is 32.9 Å². The summed E-state index contributed by atoms with van der Waals surface area (Å²) >= 11 is 1.57. The summed E-state index contributed by atoms with van der Waals surface area (Å²) in [6.07, 6.45) is 6.50. The molecule has 3 aromatic heterocycles. The molecule has 4 aromatic rings. The smallest absolute Gasteiger partial charge is 0.243 e. The van der Waals surface area contributed by atoms with Gasteiger partial charge in [-0.1, -0.05) is 24.8 Å². The van der Waals surface area contributed by atoms with Crippen molar-refractivity contribution < 1.29 is 4.79 Å². The molecule has 128 valence electrons. The average molecular weight is 361 g/mol. The highest BCUT2D eigenvalue weighted by Gasteiger charge is 2.15. The molecule has 0 bridgehead atoms. The maximum absolute atomic E-state index is 11.4. The Bertz CT molecular complexity index is 1080. The molecule has 7 heteroatoms. The van der Waals surface area contributed by atoms with Gasteiger partial charge in [0.25, 0.3) is 0 Å². The van der Waals surface area contributed by atoms with Crippen molar-refractivity contribution in [1.29, 1.82) is 0 Å². The van der Waals surface area contributed by atoms with Crippen LogP contribution in [0, 0.1) is 0 Å². The Kier molecular flexibility index (Phi) is 4.28. The molecule has 0 saturated carbocycles. The zero-order valence-electron chi connectivity index (χ0n) is 13.8. The number of benzene rings is 1. The van der Waals surface area contributed by atoms with Gasteiger partial charge in [0.05, 0.1) is 11.1 Å². The fourth-order valence-electron chi connectivity index (χ4n) is 2.80. The number of hydrogen-bond donors (Lipinski definition) is 2. The number of aromatic nitrogens is 4. The summed E-state index contributed by atoms with van der Waals surface area (Å²) < 4.78 is 0. The van der Waals surface area contributed by atoms with Crippen LogP contribution in [0.2, 0.25) is 0 Å². The minimum atomic E-state index is -0.198. The molecule has 0 saturated heterocycles. The number of nitrogens with zero attached hydrogens (tertiary/aromatic N) is 3. The van der Waals surface area contributed by atoms with E-state index in [2.05, 4.69) is 31.8 Å². The van der Waals surface area contributed by atoms with Crippen molar-refractivity contribution in [2.24, 2.45) is 0 Å². The van der Waals surface area contributed by atoms with Crippen molar-refractivity contribution in [3.05, 3.63) is 66.6 Å². The first kappa shape index (κ1) is 16.2. The van der Waals surface area contributed by atoms with E-state index < -0.39 is 0 Å². The molecule has 0 aliphatic rings. The molecular formula is C19H15N5OS. The Morgan fingerprint density at radius 1 is 1.31 bits per heavy atom. The third-order valence-electron chi connectivity index (χ3n) is 3.99. The highest BCUT2D eigenvalue weighted by molar-refractivity contribution is 7.13. The van der Waals surface area contributed by atoms with Crippen molar-refractivity contribution in [3.8, 4) is 21.8 Å². The second-order valence-electron chi connectivity index (χ2n) is 5.61. The molecule has 0 unspecified atom stereocenters. The Hall–Kier alpha value is -3.32. The van der Waals surface area contributed by atoms with Crippen molar-refractivity contribution in [2.45, 2.75) is 6.54 Å². The van der Waals surface area contributed by atoms with Gasteiger partial charge < -0.3 is 10.3 Å². The SMILES string of the molecule is C=CC(=O)NCc1cccc(-c2ncnc3[nH]cc(-c4nccs4)c23)c1. The van der Waals surface area contributed by atoms with E-state index in [1.54, 1.807) is 23.9 Å². The standard InChI is InChI=1S/C19H15N5OS/c1-2-15(25)21-9-12-4-3-5-13(8-12)17-16-14(19-20-6-7-26-19)10-22-18(16)24-11-23-17/h2-8,10-11H,1,9H2,(H,21,25)(H,22,23,24). The number of hydrogen-bond acceptors (Lipinski definition) is 5. The highest BCUT2D eigenvalue weighted by Crippen LogP contribution is 2.35. The Balaban J connectivity index is 1.78. The molecule has 3 heterocycles. The van der Waals surface area contributed by atoms with Crippen LogP contribution in [-0.2, 0) is 11.3 Å². The molecule has 0 aliphatic heterocycles. The van der Waals surface area contributed by atoms with Gasteiger partial charge in [-0.05, 0) is 17.7 Å². The third kappa shape index (κ3) is 3.00. The number of amides is 1. The molecule has 4 rings (SSSR count). The van der Waals surface area contributed by atoms with Gasteiger partial charge in [0, 0.05) is 35.4 Å². The van der Waals surface area contributed by atoms with Crippen LogP contribution in [0.5, 0.6) is 0 Å². The maximum atomic E-state index is 11.4. The van der Waals surface area contributed by atoms with Crippen LogP contribution in [0.4, 0.5) is 0 Å². The third-order valence-corrected chi connectivity index (χ3v) is 4.79. The van der Waals surface area contributed by atoms with Crippen molar-refractivity contribution in [3.63, 3.8) is 0 Å². The van der Waals surface area contributed by atoms with Gasteiger partial charge in [0.2, 0.25) is 5.91 Å². The van der Waals surface area contributed by atoms with Crippen LogP contribution in [0.15, 0.2) is 61.0 Å². The van der Waals surface area contributed by atoms with Crippen LogP contribution in [0.1, 0.15) is 5.56 Å². The molecular weight excluding hydrogens is 346 g/mol. The van der Waals surface area contributed by atoms with E-state index in [0.717, 1.165) is 38.4 Å². The summed E-state index contributed by atoms with van der Waals surface area (Å²) in [5.74, 6) is -0.198. The second-order valence-corrected chi connectivity index (χ2v) is 6.50. The first-order valence-electron chi connectivity index (χ1n) is 7.98. The Morgan fingerprint density at radius 2 is 2.23 bits per heavy atom. The van der Waals surface area contributed by atoms with Gasteiger partial charge >= 0.3 is 0 Å². The summed E-state index contributed by atoms with van der Waals surface area (Å²) in [5, 5.41) is 6.59. The van der Waals surface area contributed by atoms with Crippen molar-refractivity contribution in [1.82, 2.24) is 25.3 Å². The van der Waals surface area contributed by atoms with E-state index in [0.29, 0.717) is 6.54 Å². The molecule has 0 radical (unpaired) electrons. The molecule has 26 heavy (non-hydrogen) atoms. The first-order valence-corrected chi connectivity index (χ1v) is 8.86. The van der Waals surface area contributed by atoms with Crippen molar-refractivity contribution >= 4 is 28.3 Å². The van der Waals surface area contributed by atoms with Gasteiger partial charge in [-0.15, -0.1) is 11.3 Å². The number of rotatable bonds is 5. The fourth-order valence-corrected chi connectivity index (χ4v) is 3.46. The normalized spacial score (nSPS) is 10.8. The van der Waals surface area contributed by atoms with Crippen LogP contribution in [-0.4, -0.2) is 25.8 Å². The quantitative estimate of drug-likeness (QED) is 0.533. The lowest BCUT2D eigenvalue weighted by atomic mass is 10.0. The van der Waals surface area contributed by atoms with Crippen LogP contribution in [0.3, 0.4) is 0 Å². The molecule has 0 aliphatic carbocycles. The number of fused-ring (bicyclic) bond motifs is 1. The molecule has 1 aromatic carbocycles. The summed E-state index contributed by atoms with van der Waals surface area (Å²) in [4.78, 5) is 27.8. The van der Waals surface area contributed by atoms with E-state index in [4.69, 9.17) is 0 Å². The number of H-pyrrole nitrogens is 1. The van der Waals surface area contributed by atoms with Crippen molar-refractivity contribution in [2.75, 3.05) is 0 Å². The van der Waals surface area contributed by atoms with E-state index in [1.165, 1.54) is 6.08 Å². The van der Waals surface area contributed by atoms with Gasteiger partial charge in [-0.3, -0.25) is 4.79 Å². The molecule has 0 atom stereocenters. The maximum Gasteiger partial charge on any atom is 0.243 e. The molecule has 0 fully saturated rings. The second kappa shape index (κ2) is 6.89. The average Bonchev–Trinajstić information content (AvgIpc) is 3.35. The van der Waals surface area contributed by atoms with Gasteiger partial charge in [0.1, 0.15) is 17.0 Å². The van der Waals surface area contributed by atoms with Gasteiger partial charge in [-0.25, -0.2) is 15.0 Å². The predicted molar refractivity (Wildman–Crippen MR) is 102 cm³/mol. The van der Waals surface area contributed by atoms with E-state index in [1.807, 2.05) is 35.8 Å². The van der Waals surface area contributed by atoms with E-state index in [9.17, 15) is 4.79 Å². The lowest BCUT2D eigenvalue weighted by molar-refractivity contribution is -0.116. The predicted octanol–water partition coefficient (Wildman–Crippen LogP) is 3.55. The zero-order valence-corrected chi connectivity index (χ0v) is 14.6. The number of aromatic amines is 1. The Morgan fingerprint density at radius 3 is 3.04 bits per heavy atom. The highest BCUT2D eigenvalue weighted by atomic mass is 32.1. The monoisotopic (exact) mass is 361 g/mol. The summed E-state index contributed by atoms with van der Waals surface area (Å²) in [7, 11) is 0. The topological polar surface area (TPSA) is 83.6 Å². The van der Waals surface area contributed by atoms with E-state index >= 15 is 0 Å². The minimum Gasteiger partial charge on any atom is -0.348 e. The minimum absolute atomic E-state index is 0.198. The molecule has 2 N–H and O–H groups in total. The lowest BCUT2D eigenvalue weighted by Crippen LogP contribution is -2.19. The Labute approximate surface area is 153 Å². The number of carbonyl (C=O) groups excluding carboxylic acids is 1. The van der Waals surface area contributed by atoms with Gasteiger partial charge in [0.15, 0.2) is 0 Å². The van der Waals surface area contributed by atoms with Crippen LogP contribution >= 0.6 is 11.3 Å². The lowest BCUT2D eigenvalue weighted by Gasteiger charge is -2.07. The fraction of sp³-hybridized carbons (Fsp3) is 0.0526. The number of nitrogens with one attached hydrogen (secondary N) is 2. The van der Waals surface area contributed by atoms with Crippen LogP contribution < -0.4 is 5.32 Å². The summed E-state index contributed by atoms with van der Waals surface area (Å²) in [6, 6.07) is 7.93. The van der Waals surface area contributed by atoms with Gasteiger partial charge in [-0.2, -0.15) is 0 Å². The molecule has 6 nitrogen and oxygen atoms in total. The number of thiazole rings is 1. The number of carbonyl (C=O) groups is 1. The molecule has 1 amide bonds. The largest absolute Gasteiger partial charge is 0.348 e. The first-order chi connectivity index (χ1) is 12.8. The summed E-state index contributed by atoms with van der Waals surface area (Å²) in [5.41, 5.74) is 4.52. The zero-order chi connectivity index (χ0) is 17.9. The summed E-state index contributed by atoms with van der Waals surface area (Å²) in [6.45, 7) is 3.89. The van der Waals surface area contributed by atoms with E-state index in [-0.39, 0.29) is 5.91 Å². The molecule has 0 spiro atoms.